The zero-order valence-electron chi connectivity index (χ0n) is 19.8. The quantitative estimate of drug-likeness (QED) is 0.509. The van der Waals surface area contributed by atoms with E-state index < -0.39 is 0 Å². The van der Waals surface area contributed by atoms with Crippen molar-refractivity contribution in [1.82, 2.24) is 4.90 Å². The molecule has 0 atom stereocenters. The van der Waals surface area contributed by atoms with Crippen molar-refractivity contribution in [3.05, 3.63) is 100 Å². The molecule has 5 rings (SSSR count). The van der Waals surface area contributed by atoms with Crippen LogP contribution < -0.4 is 9.64 Å². The number of fused-ring (bicyclic) bond motifs is 1. The molecule has 3 aromatic carbocycles. The minimum absolute atomic E-state index is 0.286. The SMILES string of the molecule is CCOc1cccc(N2C(=O)C(c3ccc(C)c(C)c3)=C(N3CCc4ccccc4C3)C2=O)c1. The van der Waals surface area contributed by atoms with E-state index in [1.165, 1.54) is 16.0 Å². The molecule has 2 aliphatic rings. The van der Waals surface area contributed by atoms with Crippen LogP contribution in [0.3, 0.4) is 0 Å². The van der Waals surface area contributed by atoms with Crippen LogP contribution in [0.4, 0.5) is 5.69 Å². The number of nitrogens with zero attached hydrogens (tertiary/aromatic N) is 2. The van der Waals surface area contributed by atoms with Crippen LogP contribution in [-0.2, 0) is 22.6 Å². The molecule has 0 aliphatic carbocycles. The van der Waals surface area contributed by atoms with Gasteiger partial charge < -0.3 is 9.64 Å². The largest absolute Gasteiger partial charge is 0.494 e. The number of aryl methyl sites for hydroxylation is 2. The number of ether oxygens (including phenoxy) is 1. The van der Waals surface area contributed by atoms with Gasteiger partial charge in [-0.1, -0.05) is 48.5 Å². The zero-order valence-corrected chi connectivity index (χ0v) is 19.8. The van der Waals surface area contributed by atoms with Crippen molar-refractivity contribution in [2.75, 3.05) is 18.1 Å². The lowest BCUT2D eigenvalue weighted by Crippen LogP contribution is -2.37. The number of hydrogen-bond donors (Lipinski definition) is 0. The van der Waals surface area contributed by atoms with E-state index in [4.69, 9.17) is 4.74 Å². The summed E-state index contributed by atoms with van der Waals surface area (Å²) in [5.41, 5.74) is 6.97. The molecule has 0 fully saturated rings. The number of benzene rings is 3. The van der Waals surface area contributed by atoms with Crippen LogP contribution in [0, 0.1) is 13.8 Å². The molecule has 0 bridgehead atoms. The predicted molar refractivity (Wildman–Crippen MR) is 133 cm³/mol. The van der Waals surface area contributed by atoms with Gasteiger partial charge in [-0.25, -0.2) is 4.90 Å². The molecule has 2 heterocycles. The molecule has 0 spiro atoms. The first-order chi connectivity index (χ1) is 16.5. The Hall–Kier alpha value is -3.86. The van der Waals surface area contributed by atoms with Crippen molar-refractivity contribution >= 4 is 23.1 Å². The summed E-state index contributed by atoms with van der Waals surface area (Å²) in [5.74, 6) is 0.0516. The molecule has 34 heavy (non-hydrogen) atoms. The molecule has 0 saturated carbocycles. The minimum atomic E-state index is -0.296. The first-order valence-electron chi connectivity index (χ1n) is 11.7. The fraction of sp³-hybridized carbons (Fsp3) is 0.241. The van der Waals surface area contributed by atoms with Gasteiger partial charge in [0.15, 0.2) is 0 Å². The van der Waals surface area contributed by atoms with Gasteiger partial charge in [0, 0.05) is 19.2 Å². The average Bonchev–Trinajstić information content (AvgIpc) is 3.10. The molecule has 5 heteroatoms. The van der Waals surface area contributed by atoms with Crippen LogP contribution in [0.15, 0.2) is 72.4 Å². The van der Waals surface area contributed by atoms with E-state index in [2.05, 4.69) is 17.0 Å². The van der Waals surface area contributed by atoms with Gasteiger partial charge in [-0.05, 0) is 67.1 Å². The van der Waals surface area contributed by atoms with Crippen molar-refractivity contribution in [1.29, 1.82) is 0 Å². The fourth-order valence-electron chi connectivity index (χ4n) is 4.77. The van der Waals surface area contributed by atoms with Crippen molar-refractivity contribution in [2.45, 2.75) is 33.7 Å². The Morgan fingerprint density at radius 1 is 0.853 bits per heavy atom. The van der Waals surface area contributed by atoms with Gasteiger partial charge in [0.05, 0.1) is 17.9 Å². The van der Waals surface area contributed by atoms with Gasteiger partial charge in [-0.15, -0.1) is 0 Å². The summed E-state index contributed by atoms with van der Waals surface area (Å²) in [7, 11) is 0. The first kappa shape index (κ1) is 22.0. The highest BCUT2D eigenvalue weighted by molar-refractivity contribution is 6.45. The zero-order chi connectivity index (χ0) is 23.8. The molecule has 2 aliphatic heterocycles. The highest BCUT2D eigenvalue weighted by Gasteiger charge is 2.43. The normalized spacial score (nSPS) is 15.7. The maximum atomic E-state index is 13.9. The number of anilines is 1. The third-order valence-corrected chi connectivity index (χ3v) is 6.69. The number of carbonyl (C=O) groups excluding carboxylic acids is 2. The third-order valence-electron chi connectivity index (χ3n) is 6.69. The molecule has 172 valence electrons. The first-order valence-corrected chi connectivity index (χ1v) is 11.7. The van der Waals surface area contributed by atoms with E-state index in [1.807, 2.05) is 63.2 Å². The van der Waals surface area contributed by atoms with E-state index in [1.54, 1.807) is 12.1 Å². The molecular weight excluding hydrogens is 424 g/mol. The monoisotopic (exact) mass is 452 g/mol. The molecule has 3 aromatic rings. The molecule has 0 N–H and O–H groups in total. The van der Waals surface area contributed by atoms with Crippen LogP contribution >= 0.6 is 0 Å². The molecule has 0 unspecified atom stereocenters. The summed E-state index contributed by atoms with van der Waals surface area (Å²) in [5, 5.41) is 0. The van der Waals surface area contributed by atoms with E-state index in [9.17, 15) is 9.59 Å². The molecule has 2 amide bonds. The molecule has 0 radical (unpaired) electrons. The van der Waals surface area contributed by atoms with Gasteiger partial charge in [0.25, 0.3) is 11.8 Å². The lowest BCUT2D eigenvalue weighted by Gasteiger charge is -2.31. The molecule has 0 saturated heterocycles. The van der Waals surface area contributed by atoms with Crippen molar-refractivity contribution in [3.63, 3.8) is 0 Å². The molecule has 5 nitrogen and oxygen atoms in total. The van der Waals surface area contributed by atoms with Crippen molar-refractivity contribution < 1.29 is 14.3 Å². The van der Waals surface area contributed by atoms with E-state index >= 15 is 0 Å². The van der Waals surface area contributed by atoms with Crippen LogP contribution in [0.25, 0.3) is 5.57 Å². The summed E-state index contributed by atoms with van der Waals surface area (Å²) >= 11 is 0. The van der Waals surface area contributed by atoms with Gasteiger partial charge in [0.2, 0.25) is 0 Å². The fourth-order valence-corrected chi connectivity index (χ4v) is 4.77. The van der Waals surface area contributed by atoms with Gasteiger partial charge in [-0.3, -0.25) is 9.59 Å². The standard InChI is InChI=1S/C29H28N2O3/c1-4-34-25-11-7-10-24(17-25)31-28(32)26(22-13-12-19(2)20(3)16-22)27(29(31)33)30-15-14-21-8-5-6-9-23(21)18-30/h5-13,16-17H,4,14-15,18H2,1-3H3. The van der Waals surface area contributed by atoms with Crippen LogP contribution in [-0.4, -0.2) is 29.9 Å². The summed E-state index contributed by atoms with van der Waals surface area (Å²) in [6.07, 6.45) is 0.834. The Kier molecular flexibility index (Phi) is 5.70. The van der Waals surface area contributed by atoms with Crippen LogP contribution in [0.5, 0.6) is 5.75 Å². The van der Waals surface area contributed by atoms with Gasteiger partial charge in [0.1, 0.15) is 11.4 Å². The van der Waals surface area contributed by atoms with Crippen LogP contribution in [0.1, 0.15) is 34.7 Å². The summed E-state index contributed by atoms with van der Waals surface area (Å²) in [6, 6.07) is 21.5. The number of imide groups is 1. The Bertz CT molecular complexity index is 1320. The lowest BCUT2D eigenvalue weighted by molar-refractivity contribution is -0.120. The van der Waals surface area contributed by atoms with E-state index in [0.717, 1.165) is 23.1 Å². The molecular formula is C29H28N2O3. The summed E-state index contributed by atoms with van der Waals surface area (Å²) in [4.78, 5) is 31.1. The number of rotatable bonds is 5. The average molecular weight is 453 g/mol. The number of hydrogen-bond acceptors (Lipinski definition) is 4. The Morgan fingerprint density at radius 2 is 1.65 bits per heavy atom. The Labute approximate surface area is 200 Å². The number of carbonyl (C=O) groups is 2. The van der Waals surface area contributed by atoms with Crippen molar-refractivity contribution in [3.8, 4) is 5.75 Å². The summed E-state index contributed by atoms with van der Waals surface area (Å²) < 4.78 is 5.63. The highest BCUT2D eigenvalue weighted by Crippen LogP contribution is 2.38. The maximum Gasteiger partial charge on any atom is 0.282 e. The lowest BCUT2D eigenvalue weighted by atomic mass is 9.96. The Morgan fingerprint density at radius 3 is 2.41 bits per heavy atom. The highest BCUT2D eigenvalue weighted by atomic mass is 16.5. The second-order valence-corrected chi connectivity index (χ2v) is 8.84. The number of amides is 2. The topological polar surface area (TPSA) is 49.9 Å². The third kappa shape index (κ3) is 3.77. The van der Waals surface area contributed by atoms with E-state index in [-0.39, 0.29) is 11.8 Å². The molecule has 0 aromatic heterocycles. The Balaban J connectivity index is 1.62. The van der Waals surface area contributed by atoms with Crippen LogP contribution in [0.2, 0.25) is 0 Å². The van der Waals surface area contributed by atoms with Gasteiger partial charge >= 0.3 is 0 Å². The predicted octanol–water partition coefficient (Wildman–Crippen LogP) is 5.04. The second-order valence-electron chi connectivity index (χ2n) is 8.84. The minimum Gasteiger partial charge on any atom is -0.494 e. The summed E-state index contributed by atoms with van der Waals surface area (Å²) in [6.45, 7) is 7.78. The van der Waals surface area contributed by atoms with Crippen molar-refractivity contribution in [2.24, 2.45) is 0 Å². The second kappa shape index (κ2) is 8.82. The maximum absolute atomic E-state index is 13.9. The van der Waals surface area contributed by atoms with Gasteiger partial charge in [-0.2, -0.15) is 0 Å². The smallest absolute Gasteiger partial charge is 0.282 e. The van der Waals surface area contributed by atoms with E-state index in [0.29, 0.717) is 42.4 Å².